The van der Waals surface area contributed by atoms with Crippen molar-refractivity contribution in [2.24, 2.45) is 17.8 Å². The first-order valence-corrected chi connectivity index (χ1v) is 37.2. The van der Waals surface area contributed by atoms with Gasteiger partial charge in [0.1, 0.15) is 19.3 Å². The van der Waals surface area contributed by atoms with Gasteiger partial charge in [-0.25, -0.2) is 9.13 Å². The van der Waals surface area contributed by atoms with E-state index in [4.69, 9.17) is 37.0 Å². The minimum absolute atomic E-state index is 0.0835. The second-order valence-electron chi connectivity index (χ2n) is 24.7. The van der Waals surface area contributed by atoms with Gasteiger partial charge in [-0.15, -0.1) is 0 Å². The van der Waals surface area contributed by atoms with Crippen LogP contribution in [0.4, 0.5) is 0 Å². The average molecular weight is 1270 g/mol. The number of phosphoric ester groups is 2. The molecule has 0 rings (SSSR count). The van der Waals surface area contributed by atoms with E-state index in [1.54, 1.807) is 0 Å². The second kappa shape index (κ2) is 57.7. The summed E-state index contributed by atoms with van der Waals surface area (Å²) in [5.74, 6) is -0.0189. The highest BCUT2D eigenvalue weighted by Gasteiger charge is 2.30. The summed E-state index contributed by atoms with van der Waals surface area (Å²) in [6.07, 6.45) is 42.7. The predicted molar refractivity (Wildman–Crippen MR) is 344 cm³/mol. The zero-order valence-electron chi connectivity index (χ0n) is 55.3. The van der Waals surface area contributed by atoms with Crippen molar-refractivity contribution < 1.29 is 80.2 Å². The first-order chi connectivity index (χ1) is 41.3. The number of rotatable bonds is 63. The number of aliphatic hydroxyl groups excluding tert-OH is 1. The molecule has 3 N–H and O–H groups in total. The van der Waals surface area contributed by atoms with E-state index in [2.05, 4.69) is 72.8 Å². The topological polar surface area (TPSA) is 237 Å². The molecule has 0 aliphatic rings. The maximum Gasteiger partial charge on any atom is 0.472 e. The van der Waals surface area contributed by atoms with Crippen molar-refractivity contribution in [3.05, 3.63) is 24.3 Å². The lowest BCUT2D eigenvalue weighted by Gasteiger charge is -2.21. The zero-order chi connectivity index (χ0) is 63.8. The first-order valence-electron chi connectivity index (χ1n) is 34.2. The molecule has 0 aromatic heterocycles. The molecular weight excluding hydrogens is 1140 g/mol. The van der Waals surface area contributed by atoms with Crippen LogP contribution in [0.15, 0.2) is 24.3 Å². The lowest BCUT2D eigenvalue weighted by Crippen LogP contribution is -2.30. The minimum atomic E-state index is -4.96. The number of unbranched alkanes of at least 4 members (excludes halogenated alkanes) is 27. The highest BCUT2D eigenvalue weighted by Crippen LogP contribution is 2.45. The smallest absolute Gasteiger partial charge is 0.462 e. The SMILES string of the molecule is CCCCCC/C=C\C=C/CCCCCCCC(=O)O[C@H](COC(=O)CCCCCCCCCC(C)C)COP(=O)(O)OCC(O)COP(=O)(O)OC[C@@H](COC(=O)CCCCCCCCC(C)C)OC(=O)CCCCCCCCCCC(C)CC. The molecule has 0 bridgehead atoms. The molecule has 0 amide bonds. The van der Waals surface area contributed by atoms with Gasteiger partial charge in [-0.1, -0.05) is 253 Å². The summed E-state index contributed by atoms with van der Waals surface area (Å²) in [4.78, 5) is 72.3. The van der Waals surface area contributed by atoms with Gasteiger partial charge in [0, 0.05) is 25.7 Å². The number of carbonyl (C=O) groups excluding carboxylic acids is 4. The molecule has 0 saturated carbocycles. The first kappa shape index (κ1) is 83.5. The third-order valence-electron chi connectivity index (χ3n) is 15.1. The number of aliphatic hydroxyl groups is 1. The summed E-state index contributed by atoms with van der Waals surface area (Å²) in [6.45, 7) is 11.6. The highest BCUT2D eigenvalue weighted by atomic mass is 31.2. The van der Waals surface area contributed by atoms with Crippen LogP contribution in [0.25, 0.3) is 0 Å². The number of phosphoric acid groups is 2. The summed E-state index contributed by atoms with van der Waals surface area (Å²) in [6, 6.07) is 0. The number of hydrogen-bond acceptors (Lipinski definition) is 15. The molecule has 0 aliphatic carbocycles. The Morgan fingerprint density at radius 1 is 0.384 bits per heavy atom. The number of allylic oxidation sites excluding steroid dienone is 4. The molecule has 0 aromatic rings. The van der Waals surface area contributed by atoms with Gasteiger partial charge in [-0.2, -0.15) is 0 Å². The fourth-order valence-electron chi connectivity index (χ4n) is 9.44. The van der Waals surface area contributed by atoms with E-state index in [0.29, 0.717) is 37.5 Å². The van der Waals surface area contributed by atoms with Gasteiger partial charge in [0.25, 0.3) is 0 Å². The number of carbonyl (C=O) groups is 4. The lowest BCUT2D eigenvalue weighted by molar-refractivity contribution is -0.161. The summed E-state index contributed by atoms with van der Waals surface area (Å²) >= 11 is 0. The van der Waals surface area contributed by atoms with Gasteiger partial charge in [-0.3, -0.25) is 37.3 Å². The predicted octanol–water partition coefficient (Wildman–Crippen LogP) is 18.2. The summed E-state index contributed by atoms with van der Waals surface area (Å²) in [5, 5.41) is 10.6. The van der Waals surface area contributed by atoms with E-state index in [-0.39, 0.29) is 25.7 Å². The largest absolute Gasteiger partial charge is 0.472 e. The Morgan fingerprint density at radius 3 is 1.03 bits per heavy atom. The van der Waals surface area contributed by atoms with Gasteiger partial charge in [0.05, 0.1) is 26.4 Å². The normalized spacial score (nSPS) is 14.8. The second-order valence-corrected chi connectivity index (χ2v) is 27.6. The van der Waals surface area contributed by atoms with Crippen LogP contribution in [0.5, 0.6) is 0 Å². The van der Waals surface area contributed by atoms with Crippen molar-refractivity contribution in [2.45, 2.75) is 324 Å². The molecule has 0 spiro atoms. The molecular formula is C67H126O17P2. The Balaban J connectivity index is 5.28. The van der Waals surface area contributed by atoms with E-state index in [1.807, 2.05) is 0 Å². The van der Waals surface area contributed by atoms with Crippen molar-refractivity contribution in [1.29, 1.82) is 0 Å². The van der Waals surface area contributed by atoms with Crippen molar-refractivity contribution in [3.8, 4) is 0 Å². The molecule has 0 radical (unpaired) electrons. The van der Waals surface area contributed by atoms with Gasteiger partial charge in [-0.05, 0) is 69.1 Å². The maximum atomic E-state index is 13.0. The summed E-state index contributed by atoms with van der Waals surface area (Å²) in [7, 11) is -9.91. The van der Waals surface area contributed by atoms with Crippen LogP contribution in [0, 0.1) is 17.8 Å². The molecule has 0 fully saturated rings. The molecule has 17 nitrogen and oxygen atoms in total. The third kappa shape index (κ3) is 59.2. The molecule has 506 valence electrons. The third-order valence-corrected chi connectivity index (χ3v) is 17.0. The van der Waals surface area contributed by atoms with Gasteiger partial charge >= 0.3 is 39.5 Å². The van der Waals surface area contributed by atoms with E-state index >= 15 is 0 Å². The van der Waals surface area contributed by atoms with E-state index in [0.717, 1.165) is 121 Å². The number of ether oxygens (including phenoxy) is 4. The zero-order valence-corrected chi connectivity index (χ0v) is 57.0. The van der Waals surface area contributed by atoms with Crippen LogP contribution in [0.2, 0.25) is 0 Å². The maximum absolute atomic E-state index is 13.0. The fraction of sp³-hybridized carbons (Fsp3) is 0.881. The van der Waals surface area contributed by atoms with Crippen LogP contribution < -0.4 is 0 Å². The molecule has 0 saturated heterocycles. The minimum Gasteiger partial charge on any atom is -0.462 e. The van der Waals surface area contributed by atoms with E-state index < -0.39 is 97.5 Å². The van der Waals surface area contributed by atoms with E-state index in [9.17, 15) is 43.2 Å². The van der Waals surface area contributed by atoms with Gasteiger partial charge in [0.2, 0.25) is 0 Å². The Labute approximate surface area is 522 Å². The molecule has 0 aliphatic heterocycles. The monoisotopic (exact) mass is 1260 g/mol. The van der Waals surface area contributed by atoms with Crippen molar-refractivity contribution in [2.75, 3.05) is 39.6 Å². The molecule has 19 heteroatoms. The molecule has 86 heavy (non-hydrogen) atoms. The van der Waals surface area contributed by atoms with Crippen LogP contribution in [0.1, 0.15) is 305 Å². The van der Waals surface area contributed by atoms with Crippen molar-refractivity contribution >= 4 is 39.5 Å². The van der Waals surface area contributed by atoms with Crippen LogP contribution in [-0.2, 0) is 65.4 Å². The van der Waals surface area contributed by atoms with Gasteiger partial charge in [0.15, 0.2) is 12.2 Å². The Hall–Kier alpha value is -2.46. The van der Waals surface area contributed by atoms with Crippen LogP contribution >= 0.6 is 15.6 Å². The fourth-order valence-corrected chi connectivity index (χ4v) is 11.0. The lowest BCUT2D eigenvalue weighted by atomic mass is 9.99. The molecule has 0 heterocycles. The van der Waals surface area contributed by atoms with Crippen molar-refractivity contribution in [3.63, 3.8) is 0 Å². The molecule has 4 unspecified atom stereocenters. The Kier molecular flexibility index (Phi) is 56.0. The standard InChI is InChI=1S/C67H126O17P2/c1-8-10-11-12-13-14-15-16-17-18-19-20-26-36-43-50-66(71)83-62(54-77-64(69)48-41-34-28-23-24-31-38-45-58(3)4)56-81-85(73,74)79-52-61(68)53-80-86(75,76)82-57-63(55-78-65(70)49-42-35-30-29-32-39-46-59(5)6)84-67(72)51-44-37-27-22-21-25-33-40-47-60(7)9-2/h14-17,58-63,68H,8-13,18-57H2,1-7H3,(H,73,74)(H,75,76)/b15-14-,17-16-/t60?,61?,62-,63-/m1/s1. The quantitative estimate of drug-likeness (QED) is 0.0169. The van der Waals surface area contributed by atoms with E-state index in [1.165, 1.54) is 89.9 Å². The van der Waals surface area contributed by atoms with Crippen LogP contribution in [0.3, 0.4) is 0 Å². The Morgan fingerprint density at radius 2 is 0.686 bits per heavy atom. The summed E-state index contributed by atoms with van der Waals surface area (Å²) in [5.41, 5.74) is 0. The van der Waals surface area contributed by atoms with Gasteiger partial charge < -0.3 is 33.8 Å². The van der Waals surface area contributed by atoms with Crippen LogP contribution in [-0.4, -0.2) is 96.7 Å². The number of esters is 4. The number of hydrogen-bond donors (Lipinski definition) is 3. The highest BCUT2D eigenvalue weighted by molar-refractivity contribution is 7.47. The average Bonchev–Trinajstić information content (AvgIpc) is 3.69. The Bertz CT molecular complexity index is 1790. The molecule has 6 atom stereocenters. The van der Waals surface area contributed by atoms with Crippen molar-refractivity contribution in [1.82, 2.24) is 0 Å². The summed E-state index contributed by atoms with van der Waals surface area (Å²) < 4.78 is 68.0. The molecule has 0 aromatic carbocycles.